The molecule has 0 heterocycles. The zero-order chi connectivity index (χ0) is 22.1. The number of rotatable bonds is 5. The normalized spacial score (nSPS) is 11.2. The van der Waals surface area contributed by atoms with Gasteiger partial charge in [-0.1, -0.05) is 23.7 Å². The first-order chi connectivity index (χ1) is 14.1. The number of hydrogen-bond acceptors (Lipinski definition) is 3. The summed E-state index contributed by atoms with van der Waals surface area (Å²) in [6.07, 6.45) is 0. The summed E-state index contributed by atoms with van der Waals surface area (Å²) < 4.78 is 29.2. The van der Waals surface area contributed by atoms with Crippen LogP contribution >= 0.6 is 27.5 Å². The maximum atomic E-state index is 13.0. The molecule has 0 aliphatic rings. The summed E-state index contributed by atoms with van der Waals surface area (Å²) in [5.74, 6) is -0.434. The Bertz CT molecular complexity index is 1240. The van der Waals surface area contributed by atoms with Crippen molar-refractivity contribution in [2.45, 2.75) is 25.7 Å². The Morgan fingerprint density at radius 3 is 2.20 bits per heavy atom. The average molecular weight is 508 g/mol. The van der Waals surface area contributed by atoms with E-state index in [1.165, 1.54) is 6.07 Å². The molecule has 0 aliphatic heterocycles. The van der Waals surface area contributed by atoms with Crippen LogP contribution in [-0.2, 0) is 10.0 Å². The van der Waals surface area contributed by atoms with Gasteiger partial charge in [0.05, 0.1) is 9.92 Å². The minimum Gasteiger partial charge on any atom is -0.322 e. The van der Waals surface area contributed by atoms with E-state index in [-0.39, 0.29) is 10.5 Å². The number of benzene rings is 3. The number of amides is 1. The standard InChI is InChI=1S/C22H20BrClN2O3S/c1-13-5-7-18(10-15(13)3)26-30(28,29)21-11-16(6-4-14(21)2)22(27)25-17-8-9-19(23)20(24)12-17/h4-12,26H,1-3H3,(H,25,27). The lowest BCUT2D eigenvalue weighted by molar-refractivity contribution is 0.102. The van der Waals surface area contributed by atoms with E-state index in [0.717, 1.165) is 11.1 Å². The number of aryl methyl sites for hydroxylation is 3. The number of hydrogen-bond donors (Lipinski definition) is 2. The minimum atomic E-state index is -3.87. The lowest BCUT2D eigenvalue weighted by Crippen LogP contribution is -2.17. The van der Waals surface area contributed by atoms with Crippen molar-refractivity contribution in [2.75, 3.05) is 10.0 Å². The number of nitrogens with one attached hydrogen (secondary N) is 2. The molecule has 0 saturated heterocycles. The molecule has 0 radical (unpaired) electrons. The molecule has 0 saturated carbocycles. The number of sulfonamides is 1. The molecule has 3 rings (SSSR count). The van der Waals surface area contributed by atoms with E-state index in [0.29, 0.717) is 26.4 Å². The quantitative estimate of drug-likeness (QED) is 0.439. The fourth-order valence-electron chi connectivity index (χ4n) is 2.82. The van der Waals surface area contributed by atoms with E-state index in [2.05, 4.69) is 26.0 Å². The molecule has 0 fully saturated rings. The van der Waals surface area contributed by atoms with Gasteiger partial charge in [0.15, 0.2) is 0 Å². The molecule has 0 bridgehead atoms. The van der Waals surface area contributed by atoms with Crippen LogP contribution in [-0.4, -0.2) is 14.3 Å². The van der Waals surface area contributed by atoms with Gasteiger partial charge in [-0.15, -0.1) is 0 Å². The summed E-state index contributed by atoms with van der Waals surface area (Å²) >= 11 is 9.36. The van der Waals surface area contributed by atoms with Gasteiger partial charge >= 0.3 is 0 Å². The molecule has 0 aliphatic carbocycles. The first-order valence-corrected chi connectivity index (χ1v) is 11.7. The number of carbonyl (C=O) groups is 1. The van der Waals surface area contributed by atoms with E-state index < -0.39 is 15.9 Å². The fraction of sp³-hybridized carbons (Fsp3) is 0.136. The smallest absolute Gasteiger partial charge is 0.262 e. The van der Waals surface area contributed by atoms with E-state index >= 15 is 0 Å². The molecule has 3 aromatic rings. The van der Waals surface area contributed by atoms with E-state index in [1.54, 1.807) is 49.4 Å². The van der Waals surface area contributed by atoms with Crippen molar-refractivity contribution in [2.24, 2.45) is 0 Å². The molecule has 8 heteroatoms. The van der Waals surface area contributed by atoms with Crippen molar-refractivity contribution in [3.63, 3.8) is 0 Å². The summed E-state index contributed by atoms with van der Waals surface area (Å²) in [6.45, 7) is 5.56. The summed E-state index contributed by atoms with van der Waals surface area (Å²) in [6, 6.07) is 14.9. The van der Waals surface area contributed by atoms with E-state index in [4.69, 9.17) is 11.6 Å². The van der Waals surface area contributed by atoms with Crippen molar-refractivity contribution in [1.29, 1.82) is 0 Å². The first-order valence-electron chi connectivity index (χ1n) is 9.04. The van der Waals surface area contributed by atoms with Gasteiger partial charge in [-0.3, -0.25) is 9.52 Å². The largest absolute Gasteiger partial charge is 0.322 e. The van der Waals surface area contributed by atoms with Gasteiger partial charge in [0.25, 0.3) is 15.9 Å². The van der Waals surface area contributed by atoms with Crippen molar-refractivity contribution >= 4 is 54.8 Å². The SMILES string of the molecule is Cc1ccc(NS(=O)(=O)c2cc(C(=O)Nc3ccc(Br)c(Cl)c3)ccc2C)cc1C. The second-order valence-electron chi connectivity index (χ2n) is 6.97. The van der Waals surface area contributed by atoms with Gasteiger partial charge < -0.3 is 5.32 Å². The van der Waals surface area contributed by atoms with Crippen LogP contribution in [0.1, 0.15) is 27.0 Å². The van der Waals surface area contributed by atoms with Crippen LogP contribution in [0.3, 0.4) is 0 Å². The summed E-state index contributed by atoms with van der Waals surface area (Å²) in [5.41, 5.74) is 3.78. The van der Waals surface area contributed by atoms with Crippen molar-refractivity contribution in [3.05, 3.63) is 86.3 Å². The summed E-state index contributed by atoms with van der Waals surface area (Å²) in [4.78, 5) is 12.7. The molecular formula is C22H20BrClN2O3S. The van der Waals surface area contributed by atoms with E-state index in [9.17, 15) is 13.2 Å². The minimum absolute atomic E-state index is 0.0437. The second kappa shape index (κ2) is 8.79. The molecular weight excluding hydrogens is 488 g/mol. The maximum absolute atomic E-state index is 13.0. The zero-order valence-corrected chi connectivity index (χ0v) is 19.7. The third-order valence-electron chi connectivity index (χ3n) is 4.68. The van der Waals surface area contributed by atoms with Crippen LogP contribution in [0.15, 0.2) is 64.0 Å². The monoisotopic (exact) mass is 506 g/mol. The molecule has 5 nitrogen and oxygen atoms in total. The third-order valence-corrected chi connectivity index (χ3v) is 7.43. The summed E-state index contributed by atoms with van der Waals surface area (Å²) in [7, 11) is -3.87. The van der Waals surface area contributed by atoms with E-state index in [1.807, 2.05) is 19.9 Å². The van der Waals surface area contributed by atoms with Crippen molar-refractivity contribution in [1.82, 2.24) is 0 Å². The van der Waals surface area contributed by atoms with Crippen molar-refractivity contribution < 1.29 is 13.2 Å². The summed E-state index contributed by atoms with van der Waals surface area (Å²) in [5, 5.41) is 3.18. The van der Waals surface area contributed by atoms with Gasteiger partial charge in [-0.2, -0.15) is 0 Å². The predicted molar refractivity (Wildman–Crippen MR) is 125 cm³/mol. The van der Waals surface area contributed by atoms with Crippen LogP contribution in [0.25, 0.3) is 0 Å². The Balaban J connectivity index is 1.88. The van der Waals surface area contributed by atoms with Crippen LogP contribution in [0.4, 0.5) is 11.4 Å². The Kier molecular flexibility index (Phi) is 6.55. The van der Waals surface area contributed by atoms with Gasteiger partial charge in [-0.25, -0.2) is 8.42 Å². The lowest BCUT2D eigenvalue weighted by Gasteiger charge is -2.13. The van der Waals surface area contributed by atoms with Crippen LogP contribution in [0, 0.1) is 20.8 Å². The predicted octanol–water partition coefficient (Wildman–Crippen LogP) is 6.08. The Labute approximate surface area is 189 Å². The highest BCUT2D eigenvalue weighted by Gasteiger charge is 2.20. The highest BCUT2D eigenvalue weighted by atomic mass is 79.9. The molecule has 1 amide bonds. The molecule has 0 aromatic heterocycles. The van der Waals surface area contributed by atoms with Gasteiger partial charge in [0.2, 0.25) is 0 Å². The Morgan fingerprint density at radius 2 is 1.53 bits per heavy atom. The first kappa shape index (κ1) is 22.3. The molecule has 30 heavy (non-hydrogen) atoms. The van der Waals surface area contributed by atoms with Gasteiger partial charge in [0.1, 0.15) is 0 Å². The number of anilines is 2. The highest BCUT2D eigenvalue weighted by molar-refractivity contribution is 9.10. The highest BCUT2D eigenvalue weighted by Crippen LogP contribution is 2.26. The molecule has 156 valence electrons. The molecule has 3 aromatic carbocycles. The zero-order valence-electron chi connectivity index (χ0n) is 16.6. The lowest BCUT2D eigenvalue weighted by atomic mass is 10.1. The third kappa shape index (κ3) is 5.03. The molecule has 0 atom stereocenters. The Morgan fingerprint density at radius 1 is 0.867 bits per heavy atom. The maximum Gasteiger partial charge on any atom is 0.262 e. The second-order valence-corrected chi connectivity index (χ2v) is 9.88. The van der Waals surface area contributed by atoms with Crippen LogP contribution < -0.4 is 10.0 Å². The fourth-order valence-corrected chi connectivity index (χ4v) is 4.57. The molecule has 0 unspecified atom stereocenters. The van der Waals surface area contributed by atoms with Crippen LogP contribution in [0.5, 0.6) is 0 Å². The Hall–Kier alpha value is -2.35. The van der Waals surface area contributed by atoms with Gasteiger partial charge in [-0.05, 0) is 95.9 Å². The van der Waals surface area contributed by atoms with Gasteiger partial charge in [0, 0.05) is 21.4 Å². The average Bonchev–Trinajstić information content (AvgIpc) is 2.67. The molecule has 0 spiro atoms. The van der Waals surface area contributed by atoms with Crippen LogP contribution in [0.2, 0.25) is 5.02 Å². The molecule has 2 N–H and O–H groups in total. The van der Waals surface area contributed by atoms with Crippen molar-refractivity contribution in [3.8, 4) is 0 Å². The number of halogens is 2. The number of carbonyl (C=O) groups excluding carboxylic acids is 1. The topological polar surface area (TPSA) is 75.3 Å².